The van der Waals surface area contributed by atoms with Gasteiger partial charge >= 0.3 is 6.18 Å². The van der Waals surface area contributed by atoms with Crippen molar-refractivity contribution in [2.75, 3.05) is 13.1 Å². The highest BCUT2D eigenvalue weighted by Crippen LogP contribution is 2.39. The van der Waals surface area contributed by atoms with E-state index >= 15 is 0 Å². The monoisotopic (exact) mass is 497 g/mol. The van der Waals surface area contributed by atoms with Crippen LogP contribution in [-0.4, -0.2) is 53.4 Å². The predicted molar refractivity (Wildman–Crippen MR) is 121 cm³/mol. The molecule has 2 aliphatic rings. The van der Waals surface area contributed by atoms with Crippen molar-refractivity contribution >= 4 is 16.9 Å². The molecule has 1 saturated carbocycles. The van der Waals surface area contributed by atoms with Gasteiger partial charge in [-0.15, -0.1) is 0 Å². The summed E-state index contributed by atoms with van der Waals surface area (Å²) in [5.41, 5.74) is 2.50. The number of carbonyl (C=O) groups is 1. The number of carbonyl (C=O) groups excluding carboxylic acids is 1. The summed E-state index contributed by atoms with van der Waals surface area (Å²) < 4.78 is 56.1. The standard InChI is InChI=1S/C24H19F4N7O/c1-13(25)23(36)33-11-17(12-33)35-22-18(15-9-31-34(10-15)16-3-4-16)6-7-29-21(22)20(32-35)14-2-5-19(30-8-14)24(26,27)28/h2,5-10,16-17H,1,3-4,11-12H2. The van der Waals surface area contributed by atoms with Crippen LogP contribution >= 0.6 is 0 Å². The summed E-state index contributed by atoms with van der Waals surface area (Å²) in [6, 6.07) is 4.14. The van der Waals surface area contributed by atoms with Crippen LogP contribution in [0, 0.1) is 0 Å². The van der Waals surface area contributed by atoms with Crippen LogP contribution in [0.25, 0.3) is 33.4 Å². The zero-order chi connectivity index (χ0) is 25.2. The molecule has 6 rings (SSSR count). The molecule has 0 radical (unpaired) electrons. The Morgan fingerprint density at radius 3 is 2.44 bits per heavy atom. The van der Waals surface area contributed by atoms with Gasteiger partial charge < -0.3 is 4.90 Å². The van der Waals surface area contributed by atoms with Crippen LogP contribution in [0.4, 0.5) is 17.6 Å². The number of fused-ring (bicyclic) bond motifs is 1. The number of amides is 1. The first-order valence-corrected chi connectivity index (χ1v) is 11.3. The summed E-state index contributed by atoms with van der Waals surface area (Å²) >= 11 is 0. The van der Waals surface area contributed by atoms with E-state index in [0.29, 0.717) is 28.3 Å². The second-order valence-corrected chi connectivity index (χ2v) is 8.99. The number of pyridine rings is 2. The Labute approximate surface area is 201 Å². The number of hydrogen-bond donors (Lipinski definition) is 0. The van der Waals surface area contributed by atoms with Crippen molar-refractivity contribution in [2.24, 2.45) is 0 Å². The molecule has 0 aromatic carbocycles. The predicted octanol–water partition coefficient (Wildman–Crippen LogP) is 4.58. The highest BCUT2D eigenvalue weighted by atomic mass is 19.4. The average Bonchev–Trinajstić information content (AvgIpc) is 3.43. The van der Waals surface area contributed by atoms with Crippen molar-refractivity contribution in [3.05, 3.63) is 61.1 Å². The first-order chi connectivity index (χ1) is 17.2. The van der Waals surface area contributed by atoms with Crippen LogP contribution in [0.2, 0.25) is 0 Å². The van der Waals surface area contributed by atoms with Crippen molar-refractivity contribution in [1.82, 2.24) is 34.4 Å². The number of likely N-dealkylation sites (tertiary alicyclic amines) is 1. The SMILES string of the molecule is C=C(F)C(=O)N1CC(n2nc(-c3ccc(C(F)(F)F)nc3)c3nccc(-c4cnn(C5CC5)c4)c32)C1. The zero-order valence-electron chi connectivity index (χ0n) is 18.8. The molecule has 5 heterocycles. The minimum Gasteiger partial charge on any atom is -0.332 e. The van der Waals surface area contributed by atoms with Gasteiger partial charge in [0, 0.05) is 48.4 Å². The molecule has 0 unspecified atom stereocenters. The Morgan fingerprint density at radius 2 is 1.81 bits per heavy atom. The molecule has 0 N–H and O–H groups in total. The van der Waals surface area contributed by atoms with Crippen molar-refractivity contribution in [2.45, 2.75) is 31.1 Å². The molecule has 184 valence electrons. The third-order valence-corrected chi connectivity index (χ3v) is 6.47. The van der Waals surface area contributed by atoms with E-state index in [0.717, 1.165) is 36.2 Å². The maximum atomic E-state index is 13.3. The first kappa shape index (κ1) is 22.4. The van der Waals surface area contributed by atoms with E-state index < -0.39 is 23.6 Å². The van der Waals surface area contributed by atoms with Gasteiger partial charge in [0.1, 0.15) is 16.9 Å². The van der Waals surface area contributed by atoms with Crippen LogP contribution in [0.1, 0.15) is 30.6 Å². The van der Waals surface area contributed by atoms with E-state index in [1.807, 2.05) is 16.9 Å². The fourth-order valence-corrected chi connectivity index (χ4v) is 4.42. The molecular formula is C24H19F4N7O. The summed E-state index contributed by atoms with van der Waals surface area (Å²) in [7, 11) is 0. The second-order valence-electron chi connectivity index (χ2n) is 8.99. The Bertz CT molecular complexity index is 1500. The van der Waals surface area contributed by atoms with Crippen molar-refractivity contribution < 1.29 is 22.4 Å². The van der Waals surface area contributed by atoms with E-state index in [2.05, 4.69) is 21.6 Å². The number of alkyl halides is 3. The highest BCUT2D eigenvalue weighted by molar-refractivity contribution is 5.99. The molecule has 0 atom stereocenters. The summed E-state index contributed by atoms with van der Waals surface area (Å²) in [5, 5.41) is 9.17. The normalized spacial score (nSPS) is 16.4. The van der Waals surface area contributed by atoms with Crippen LogP contribution in [0.15, 0.2) is 55.4 Å². The van der Waals surface area contributed by atoms with Crippen molar-refractivity contribution in [1.29, 1.82) is 0 Å². The number of rotatable bonds is 5. The molecule has 4 aromatic heterocycles. The molecule has 1 aliphatic carbocycles. The third-order valence-electron chi connectivity index (χ3n) is 6.47. The smallest absolute Gasteiger partial charge is 0.332 e. The largest absolute Gasteiger partial charge is 0.433 e. The number of halogens is 4. The second kappa shape index (κ2) is 7.97. The van der Waals surface area contributed by atoms with E-state index in [4.69, 9.17) is 5.10 Å². The van der Waals surface area contributed by atoms with Gasteiger partial charge in [-0.1, -0.05) is 6.58 Å². The van der Waals surface area contributed by atoms with Gasteiger partial charge in [-0.25, -0.2) is 4.39 Å². The van der Waals surface area contributed by atoms with Crippen LogP contribution in [0.5, 0.6) is 0 Å². The Balaban J connectivity index is 1.46. The van der Waals surface area contributed by atoms with Crippen molar-refractivity contribution in [3.8, 4) is 22.4 Å². The quantitative estimate of drug-likeness (QED) is 0.298. The molecule has 1 amide bonds. The van der Waals surface area contributed by atoms with E-state index in [9.17, 15) is 22.4 Å². The average molecular weight is 497 g/mol. The molecule has 8 nitrogen and oxygen atoms in total. The first-order valence-electron chi connectivity index (χ1n) is 11.3. The summed E-state index contributed by atoms with van der Waals surface area (Å²) in [4.78, 5) is 21.3. The lowest BCUT2D eigenvalue weighted by Crippen LogP contribution is -2.51. The van der Waals surface area contributed by atoms with Gasteiger partial charge in [-0.3, -0.25) is 24.1 Å². The Hall–Kier alpha value is -4.09. The third kappa shape index (κ3) is 3.73. The van der Waals surface area contributed by atoms with Crippen LogP contribution in [0.3, 0.4) is 0 Å². The lowest BCUT2D eigenvalue weighted by Gasteiger charge is -2.39. The van der Waals surface area contributed by atoms with Crippen LogP contribution in [-0.2, 0) is 11.0 Å². The summed E-state index contributed by atoms with van der Waals surface area (Å²) in [6.45, 7) is 3.48. The summed E-state index contributed by atoms with van der Waals surface area (Å²) in [5.74, 6) is -1.82. The van der Waals surface area contributed by atoms with Crippen LogP contribution < -0.4 is 0 Å². The van der Waals surface area contributed by atoms with Gasteiger partial charge in [-0.05, 0) is 31.0 Å². The minimum absolute atomic E-state index is 0.207. The maximum absolute atomic E-state index is 13.3. The fraction of sp³-hybridized carbons (Fsp3) is 0.292. The van der Waals surface area contributed by atoms with Gasteiger partial charge in [-0.2, -0.15) is 23.4 Å². The Kier molecular flexibility index (Phi) is 4.95. The highest BCUT2D eigenvalue weighted by Gasteiger charge is 2.36. The van der Waals surface area contributed by atoms with E-state index in [1.165, 1.54) is 11.0 Å². The molecule has 1 saturated heterocycles. The van der Waals surface area contributed by atoms with Gasteiger partial charge in [0.05, 0.1) is 23.8 Å². The van der Waals surface area contributed by atoms with Crippen molar-refractivity contribution in [3.63, 3.8) is 0 Å². The van der Waals surface area contributed by atoms with Gasteiger partial charge in [0.15, 0.2) is 5.83 Å². The molecule has 12 heteroatoms. The summed E-state index contributed by atoms with van der Waals surface area (Å²) in [6.07, 6.45) is 4.03. The molecule has 0 spiro atoms. The van der Waals surface area contributed by atoms with E-state index in [-0.39, 0.29) is 19.1 Å². The molecular weight excluding hydrogens is 478 g/mol. The Morgan fingerprint density at radius 1 is 1.03 bits per heavy atom. The lowest BCUT2D eigenvalue weighted by atomic mass is 10.1. The van der Waals surface area contributed by atoms with Gasteiger partial charge in [0.2, 0.25) is 0 Å². The minimum atomic E-state index is -4.56. The molecule has 4 aromatic rings. The van der Waals surface area contributed by atoms with Gasteiger partial charge in [0.25, 0.3) is 5.91 Å². The molecule has 36 heavy (non-hydrogen) atoms. The molecule has 0 bridgehead atoms. The maximum Gasteiger partial charge on any atom is 0.433 e. The number of hydrogen-bond acceptors (Lipinski definition) is 5. The fourth-order valence-electron chi connectivity index (χ4n) is 4.42. The molecule has 1 aliphatic heterocycles. The lowest BCUT2D eigenvalue weighted by molar-refractivity contribution is -0.141. The number of nitrogens with zero attached hydrogens (tertiary/aromatic N) is 7. The molecule has 2 fully saturated rings. The zero-order valence-corrected chi connectivity index (χ0v) is 18.8. The van der Waals surface area contributed by atoms with E-state index in [1.54, 1.807) is 17.1 Å². The number of aromatic nitrogens is 6. The topological polar surface area (TPSA) is 81.7 Å².